The largest absolute Gasteiger partial charge is 0.482 e. The van der Waals surface area contributed by atoms with Crippen LogP contribution in [0, 0.1) is 0 Å². The van der Waals surface area contributed by atoms with Crippen molar-refractivity contribution < 1.29 is 17.9 Å². The SMILES string of the molecule is CS(=O)(=O)C1C[C@H]2CC[C@@H](C1)N2C(=O)COc1ccc(Cl)cc1Cl. The maximum absolute atomic E-state index is 12.5. The van der Waals surface area contributed by atoms with Crippen molar-refractivity contribution in [3.8, 4) is 5.75 Å². The third-order valence-electron chi connectivity index (χ3n) is 4.83. The van der Waals surface area contributed by atoms with Gasteiger partial charge in [-0.2, -0.15) is 0 Å². The second kappa shape index (κ2) is 6.73. The molecule has 0 saturated carbocycles. The molecule has 2 aliphatic rings. The van der Waals surface area contributed by atoms with Crippen molar-refractivity contribution in [2.24, 2.45) is 0 Å². The van der Waals surface area contributed by atoms with E-state index >= 15 is 0 Å². The van der Waals surface area contributed by atoms with E-state index in [1.54, 1.807) is 18.2 Å². The first kappa shape index (κ1) is 17.8. The molecule has 2 saturated heterocycles. The van der Waals surface area contributed by atoms with Gasteiger partial charge in [0.2, 0.25) is 0 Å². The highest BCUT2D eigenvalue weighted by Crippen LogP contribution is 2.38. The van der Waals surface area contributed by atoms with Crippen molar-refractivity contribution in [2.75, 3.05) is 12.9 Å². The minimum atomic E-state index is -3.06. The Kier molecular flexibility index (Phi) is 5.00. The number of sulfone groups is 1. The van der Waals surface area contributed by atoms with Crippen molar-refractivity contribution in [3.63, 3.8) is 0 Å². The van der Waals surface area contributed by atoms with Crippen molar-refractivity contribution in [1.29, 1.82) is 0 Å². The summed E-state index contributed by atoms with van der Waals surface area (Å²) in [5, 5.41) is 0.513. The van der Waals surface area contributed by atoms with Gasteiger partial charge in [0.05, 0.1) is 10.3 Å². The molecule has 0 aliphatic carbocycles. The molecule has 1 unspecified atom stereocenters. The average Bonchev–Trinajstić information content (AvgIpc) is 2.75. The molecule has 1 amide bonds. The first-order valence-corrected chi connectivity index (χ1v) is 10.5. The van der Waals surface area contributed by atoms with Crippen LogP contribution in [0.2, 0.25) is 10.0 Å². The Morgan fingerprint density at radius 2 is 1.88 bits per heavy atom. The summed E-state index contributed by atoms with van der Waals surface area (Å²) in [5.74, 6) is 0.285. The number of hydrogen-bond donors (Lipinski definition) is 0. The van der Waals surface area contributed by atoms with E-state index in [0.29, 0.717) is 28.6 Å². The van der Waals surface area contributed by atoms with E-state index < -0.39 is 9.84 Å². The van der Waals surface area contributed by atoms with Gasteiger partial charge in [-0.3, -0.25) is 4.79 Å². The van der Waals surface area contributed by atoms with Gasteiger partial charge < -0.3 is 9.64 Å². The monoisotopic (exact) mass is 391 g/mol. The Balaban J connectivity index is 1.64. The van der Waals surface area contributed by atoms with Crippen LogP contribution in [0.15, 0.2) is 18.2 Å². The Bertz CT molecular complexity index is 738. The summed E-state index contributed by atoms with van der Waals surface area (Å²) in [6.07, 6.45) is 4.01. The topological polar surface area (TPSA) is 63.7 Å². The number of carbonyl (C=O) groups is 1. The van der Waals surface area contributed by atoms with Gasteiger partial charge in [0, 0.05) is 23.4 Å². The van der Waals surface area contributed by atoms with Gasteiger partial charge in [-0.1, -0.05) is 23.2 Å². The second-order valence-corrected chi connectivity index (χ2v) is 9.64. The molecule has 3 rings (SSSR count). The maximum Gasteiger partial charge on any atom is 0.261 e. The zero-order valence-corrected chi connectivity index (χ0v) is 15.6. The molecule has 8 heteroatoms. The molecular formula is C16H19Cl2NO4S. The van der Waals surface area contributed by atoms with Gasteiger partial charge in [0.1, 0.15) is 15.6 Å². The zero-order chi connectivity index (χ0) is 17.5. The fourth-order valence-electron chi connectivity index (χ4n) is 3.69. The first-order valence-electron chi connectivity index (χ1n) is 7.83. The molecule has 1 aromatic carbocycles. The number of fused-ring (bicyclic) bond motifs is 2. The van der Waals surface area contributed by atoms with Gasteiger partial charge in [-0.25, -0.2) is 8.42 Å². The fraction of sp³-hybridized carbons (Fsp3) is 0.562. The molecule has 1 aromatic rings. The Morgan fingerprint density at radius 3 is 2.42 bits per heavy atom. The summed E-state index contributed by atoms with van der Waals surface area (Å²) in [7, 11) is -3.06. The molecule has 5 nitrogen and oxygen atoms in total. The smallest absolute Gasteiger partial charge is 0.261 e. The van der Waals surface area contributed by atoms with Gasteiger partial charge in [-0.05, 0) is 43.9 Å². The molecular weight excluding hydrogens is 373 g/mol. The van der Waals surface area contributed by atoms with Crippen LogP contribution in [0.1, 0.15) is 25.7 Å². The summed E-state index contributed by atoms with van der Waals surface area (Å²) in [6, 6.07) is 4.81. The van der Waals surface area contributed by atoms with Gasteiger partial charge in [-0.15, -0.1) is 0 Å². The van der Waals surface area contributed by atoms with Crippen LogP contribution in [0.5, 0.6) is 5.75 Å². The molecule has 0 radical (unpaired) electrons. The quantitative estimate of drug-likeness (QED) is 0.791. The predicted octanol–water partition coefficient (Wildman–Crippen LogP) is 2.94. The van der Waals surface area contributed by atoms with Crippen molar-refractivity contribution in [3.05, 3.63) is 28.2 Å². The van der Waals surface area contributed by atoms with Gasteiger partial charge in [0.25, 0.3) is 5.91 Å². The highest BCUT2D eigenvalue weighted by Gasteiger charge is 2.45. The van der Waals surface area contributed by atoms with E-state index in [9.17, 15) is 13.2 Å². The van der Waals surface area contributed by atoms with Crippen LogP contribution in [0.3, 0.4) is 0 Å². The lowest BCUT2D eigenvalue weighted by molar-refractivity contribution is -0.137. The van der Waals surface area contributed by atoms with Crippen LogP contribution in [-0.4, -0.2) is 49.4 Å². The number of rotatable bonds is 4. The van der Waals surface area contributed by atoms with E-state index in [0.717, 1.165) is 12.8 Å². The van der Waals surface area contributed by atoms with E-state index in [1.165, 1.54) is 6.26 Å². The van der Waals surface area contributed by atoms with Crippen LogP contribution in [-0.2, 0) is 14.6 Å². The Hall–Kier alpha value is -0.980. The number of halogens is 2. The maximum atomic E-state index is 12.5. The Morgan fingerprint density at radius 1 is 1.25 bits per heavy atom. The lowest BCUT2D eigenvalue weighted by atomic mass is 10.0. The van der Waals surface area contributed by atoms with Crippen molar-refractivity contribution >= 4 is 38.9 Å². The van der Waals surface area contributed by atoms with Crippen molar-refractivity contribution in [2.45, 2.75) is 43.0 Å². The van der Waals surface area contributed by atoms with E-state index in [4.69, 9.17) is 27.9 Å². The number of hydrogen-bond acceptors (Lipinski definition) is 4. The second-order valence-electron chi connectivity index (χ2n) is 6.47. The molecule has 0 spiro atoms. The highest BCUT2D eigenvalue weighted by molar-refractivity contribution is 7.91. The van der Waals surface area contributed by atoms with Gasteiger partial charge in [0.15, 0.2) is 6.61 Å². The third-order valence-corrected chi connectivity index (χ3v) is 6.95. The standard InChI is InChI=1S/C16H19Cl2NO4S/c1-24(21,22)13-7-11-3-4-12(8-13)19(11)16(20)9-23-15-5-2-10(17)6-14(15)18/h2,5-6,11-13H,3-4,7-9H2,1H3/t11-,12+,13?. The molecule has 2 aliphatic heterocycles. The summed E-state index contributed by atoms with van der Waals surface area (Å²) in [6.45, 7) is -0.113. The molecule has 0 N–H and O–H groups in total. The molecule has 2 fully saturated rings. The lowest BCUT2D eigenvalue weighted by Crippen LogP contribution is -2.51. The molecule has 0 aromatic heterocycles. The van der Waals surface area contributed by atoms with Crippen LogP contribution in [0.4, 0.5) is 0 Å². The number of ether oxygens (including phenoxy) is 1. The molecule has 132 valence electrons. The number of carbonyl (C=O) groups excluding carboxylic acids is 1. The van der Waals surface area contributed by atoms with Crippen LogP contribution in [0.25, 0.3) is 0 Å². The molecule has 3 atom stereocenters. The number of amides is 1. The highest BCUT2D eigenvalue weighted by atomic mass is 35.5. The molecule has 2 bridgehead atoms. The normalized spacial score (nSPS) is 26.5. The Labute approximate surface area is 151 Å². The third kappa shape index (κ3) is 3.65. The van der Waals surface area contributed by atoms with Gasteiger partial charge >= 0.3 is 0 Å². The number of piperidine rings is 1. The summed E-state index contributed by atoms with van der Waals surface area (Å²) in [5.41, 5.74) is 0. The zero-order valence-electron chi connectivity index (χ0n) is 13.2. The summed E-state index contributed by atoms with van der Waals surface area (Å²) in [4.78, 5) is 14.4. The van der Waals surface area contributed by atoms with Crippen LogP contribution < -0.4 is 4.74 Å². The van der Waals surface area contributed by atoms with Crippen molar-refractivity contribution in [1.82, 2.24) is 4.90 Å². The fourth-order valence-corrected chi connectivity index (χ4v) is 5.30. The molecule has 2 heterocycles. The lowest BCUT2D eigenvalue weighted by Gasteiger charge is -2.38. The van der Waals surface area contributed by atoms with Crippen LogP contribution >= 0.6 is 23.2 Å². The first-order chi connectivity index (χ1) is 11.3. The number of benzene rings is 1. The summed E-state index contributed by atoms with van der Waals surface area (Å²) >= 11 is 11.9. The number of nitrogens with zero attached hydrogens (tertiary/aromatic N) is 1. The minimum absolute atomic E-state index is 0.0136. The van der Waals surface area contributed by atoms with E-state index in [-0.39, 0.29) is 29.8 Å². The predicted molar refractivity (Wildman–Crippen MR) is 93.5 cm³/mol. The summed E-state index contributed by atoms with van der Waals surface area (Å²) < 4.78 is 29.1. The van der Waals surface area contributed by atoms with E-state index in [1.807, 2.05) is 4.90 Å². The minimum Gasteiger partial charge on any atom is -0.482 e. The average molecular weight is 392 g/mol. The van der Waals surface area contributed by atoms with E-state index in [2.05, 4.69) is 0 Å². The molecule has 24 heavy (non-hydrogen) atoms.